The number of nitrogens with zero attached hydrogens (tertiary/aromatic N) is 5. The van der Waals surface area contributed by atoms with Gasteiger partial charge < -0.3 is 14.7 Å². The van der Waals surface area contributed by atoms with Gasteiger partial charge in [0, 0.05) is 57.6 Å². The van der Waals surface area contributed by atoms with Gasteiger partial charge in [-0.25, -0.2) is 0 Å². The number of aromatic nitrogens is 1. The van der Waals surface area contributed by atoms with Crippen LogP contribution in [0.5, 0.6) is 0 Å². The molecular formula is C26H28F3N5O2. The van der Waals surface area contributed by atoms with Gasteiger partial charge >= 0.3 is 6.18 Å². The lowest BCUT2D eigenvalue weighted by molar-refractivity contribution is -0.138. The van der Waals surface area contributed by atoms with Crippen molar-refractivity contribution in [2.45, 2.75) is 25.9 Å². The maximum Gasteiger partial charge on any atom is 0.417 e. The number of piperidine rings is 1. The van der Waals surface area contributed by atoms with Gasteiger partial charge in [0.2, 0.25) is 5.91 Å². The minimum Gasteiger partial charge on any atom is -0.370 e. The zero-order valence-corrected chi connectivity index (χ0v) is 20.5. The molecule has 2 fully saturated rings. The van der Waals surface area contributed by atoms with E-state index in [1.807, 2.05) is 17.9 Å². The van der Waals surface area contributed by atoms with Gasteiger partial charge in [-0.2, -0.15) is 18.4 Å². The van der Waals surface area contributed by atoms with E-state index in [0.717, 1.165) is 11.6 Å². The summed E-state index contributed by atoms with van der Waals surface area (Å²) in [5, 5.41) is 9.13. The van der Waals surface area contributed by atoms with Crippen LogP contribution in [-0.4, -0.2) is 66.9 Å². The smallest absolute Gasteiger partial charge is 0.370 e. The van der Waals surface area contributed by atoms with Crippen molar-refractivity contribution in [3.05, 3.63) is 58.9 Å². The Bertz CT molecular complexity index is 1210. The summed E-state index contributed by atoms with van der Waals surface area (Å²) in [6, 6.07) is 8.90. The Morgan fingerprint density at radius 3 is 2.47 bits per heavy atom. The van der Waals surface area contributed by atoms with Crippen molar-refractivity contribution >= 4 is 17.5 Å². The molecule has 1 atom stereocenters. The normalized spacial score (nSPS) is 19.3. The Morgan fingerprint density at radius 1 is 1.19 bits per heavy atom. The van der Waals surface area contributed by atoms with Gasteiger partial charge in [0.05, 0.1) is 23.1 Å². The Hall–Kier alpha value is -3.61. The van der Waals surface area contributed by atoms with Gasteiger partial charge in [-0.3, -0.25) is 14.6 Å². The third-order valence-electron chi connectivity index (χ3n) is 7.44. The third kappa shape index (κ3) is 4.62. The number of pyridine rings is 1. The summed E-state index contributed by atoms with van der Waals surface area (Å²) >= 11 is 0. The van der Waals surface area contributed by atoms with Crippen LogP contribution < -0.4 is 4.90 Å². The zero-order valence-electron chi connectivity index (χ0n) is 20.5. The number of anilines is 1. The van der Waals surface area contributed by atoms with Crippen LogP contribution >= 0.6 is 0 Å². The fourth-order valence-corrected chi connectivity index (χ4v) is 5.40. The molecule has 1 unspecified atom stereocenters. The molecule has 190 valence electrons. The van der Waals surface area contributed by atoms with E-state index in [0.29, 0.717) is 43.9 Å². The molecule has 2 saturated heterocycles. The van der Waals surface area contributed by atoms with E-state index < -0.39 is 28.6 Å². The molecule has 2 amide bonds. The van der Waals surface area contributed by atoms with Crippen molar-refractivity contribution in [1.82, 2.24) is 14.8 Å². The van der Waals surface area contributed by atoms with E-state index >= 15 is 0 Å². The molecule has 0 bridgehead atoms. The first-order valence-electron chi connectivity index (χ1n) is 11.8. The molecule has 2 aliphatic heterocycles. The van der Waals surface area contributed by atoms with Gasteiger partial charge in [-0.05, 0) is 49.6 Å². The largest absolute Gasteiger partial charge is 0.417 e. The highest BCUT2D eigenvalue weighted by Gasteiger charge is 2.52. The van der Waals surface area contributed by atoms with Crippen molar-refractivity contribution in [3.8, 4) is 6.07 Å². The number of hydrogen-bond donors (Lipinski definition) is 0. The summed E-state index contributed by atoms with van der Waals surface area (Å²) in [5.74, 6) is -0.663. The first kappa shape index (κ1) is 25.5. The fourth-order valence-electron chi connectivity index (χ4n) is 5.40. The lowest BCUT2D eigenvalue weighted by Crippen LogP contribution is -2.49. The van der Waals surface area contributed by atoms with E-state index in [1.54, 1.807) is 37.3 Å². The molecule has 1 aromatic carbocycles. The maximum absolute atomic E-state index is 13.6. The second kappa shape index (κ2) is 9.45. The van der Waals surface area contributed by atoms with Gasteiger partial charge in [-0.1, -0.05) is 6.07 Å². The Morgan fingerprint density at radius 2 is 1.89 bits per heavy atom. The summed E-state index contributed by atoms with van der Waals surface area (Å²) in [5.41, 5.74) is -0.375. The van der Waals surface area contributed by atoms with Crippen molar-refractivity contribution in [1.29, 1.82) is 5.26 Å². The van der Waals surface area contributed by atoms with Crippen LogP contribution in [0.2, 0.25) is 0 Å². The molecule has 3 heterocycles. The van der Waals surface area contributed by atoms with E-state index in [2.05, 4.69) is 4.98 Å². The van der Waals surface area contributed by atoms with Crippen LogP contribution in [0.4, 0.5) is 18.9 Å². The molecule has 1 spiro atoms. The summed E-state index contributed by atoms with van der Waals surface area (Å²) in [6.07, 6.45) is -1.98. The van der Waals surface area contributed by atoms with Crippen LogP contribution in [0.3, 0.4) is 0 Å². The number of carbonyl (C=O) groups excluding carboxylic acids is 2. The number of rotatable bonds is 3. The lowest BCUT2D eigenvalue weighted by atomic mass is 9.70. The first-order chi connectivity index (χ1) is 17.0. The molecule has 7 nitrogen and oxygen atoms in total. The van der Waals surface area contributed by atoms with E-state index in [-0.39, 0.29) is 18.4 Å². The number of alkyl halides is 3. The highest BCUT2D eigenvalue weighted by Crippen LogP contribution is 2.47. The van der Waals surface area contributed by atoms with Gasteiger partial charge in [0.1, 0.15) is 5.69 Å². The Labute approximate surface area is 208 Å². The minimum absolute atomic E-state index is 0.0810. The average Bonchev–Trinajstić information content (AvgIpc) is 3.21. The molecule has 0 radical (unpaired) electrons. The Balaban J connectivity index is 1.60. The molecule has 0 saturated carbocycles. The first-order valence-corrected chi connectivity index (χ1v) is 11.8. The molecule has 2 aliphatic rings. The van der Waals surface area contributed by atoms with Crippen molar-refractivity contribution < 1.29 is 22.8 Å². The van der Waals surface area contributed by atoms with Crippen molar-refractivity contribution in [3.63, 3.8) is 0 Å². The van der Waals surface area contributed by atoms with Crippen LogP contribution in [0.1, 0.15) is 40.0 Å². The number of halogens is 3. The predicted octanol–water partition coefficient (Wildman–Crippen LogP) is 3.73. The number of nitriles is 1. The highest BCUT2D eigenvalue weighted by molar-refractivity contribution is 5.93. The zero-order chi connectivity index (χ0) is 26.3. The summed E-state index contributed by atoms with van der Waals surface area (Å²) in [7, 11) is 3.34. The SMILES string of the molecule is Cc1cccnc1C(=O)N1CCC2(CC1)CN(c1ccc(C#N)c(C(F)(F)F)c1)CC2C(=O)N(C)C. The number of likely N-dealkylation sites (tertiary alicyclic amines) is 1. The standard InChI is InChI=1S/C26H28F3N5O2/c1-17-5-4-10-31-22(17)24(36)33-11-8-25(9-12-33)16-34(15-21(25)23(35)32(2)3)19-7-6-18(14-30)20(13-19)26(27,28)29/h4-7,10,13,21H,8-9,11-12,15-16H2,1-3H3. The van der Waals surface area contributed by atoms with Crippen LogP contribution in [0.25, 0.3) is 0 Å². The molecule has 0 aliphatic carbocycles. The fraction of sp³-hybridized carbons (Fsp3) is 0.462. The predicted molar refractivity (Wildman–Crippen MR) is 127 cm³/mol. The molecule has 1 aromatic heterocycles. The summed E-state index contributed by atoms with van der Waals surface area (Å²) in [6.45, 7) is 3.36. The van der Waals surface area contributed by atoms with E-state index in [4.69, 9.17) is 5.26 Å². The topological polar surface area (TPSA) is 80.5 Å². The minimum atomic E-state index is -4.66. The van der Waals surface area contributed by atoms with Crippen molar-refractivity contribution in [2.24, 2.45) is 11.3 Å². The van der Waals surface area contributed by atoms with Crippen LogP contribution in [-0.2, 0) is 11.0 Å². The maximum atomic E-state index is 13.6. The molecule has 0 N–H and O–H groups in total. The lowest BCUT2D eigenvalue weighted by Gasteiger charge is -2.42. The summed E-state index contributed by atoms with van der Waals surface area (Å²) < 4.78 is 40.7. The monoisotopic (exact) mass is 499 g/mol. The number of carbonyl (C=O) groups is 2. The highest BCUT2D eigenvalue weighted by atomic mass is 19.4. The third-order valence-corrected chi connectivity index (χ3v) is 7.44. The van der Waals surface area contributed by atoms with E-state index in [1.165, 1.54) is 17.0 Å². The van der Waals surface area contributed by atoms with Crippen LogP contribution in [0.15, 0.2) is 36.5 Å². The van der Waals surface area contributed by atoms with Crippen molar-refractivity contribution in [2.75, 3.05) is 45.2 Å². The molecule has 4 rings (SSSR count). The second-order valence-corrected chi connectivity index (χ2v) is 9.83. The van der Waals surface area contributed by atoms with Gasteiger partial charge in [0.15, 0.2) is 0 Å². The Kier molecular flexibility index (Phi) is 6.69. The molecular weight excluding hydrogens is 471 g/mol. The summed E-state index contributed by atoms with van der Waals surface area (Å²) in [4.78, 5) is 35.6. The second-order valence-electron chi connectivity index (χ2n) is 9.83. The van der Waals surface area contributed by atoms with Gasteiger partial charge in [0.25, 0.3) is 5.91 Å². The van der Waals surface area contributed by atoms with E-state index in [9.17, 15) is 22.8 Å². The number of amides is 2. The quantitative estimate of drug-likeness (QED) is 0.643. The van der Waals surface area contributed by atoms with Gasteiger partial charge in [-0.15, -0.1) is 0 Å². The molecule has 2 aromatic rings. The van der Waals surface area contributed by atoms with Crippen LogP contribution in [0, 0.1) is 29.6 Å². The average molecular weight is 500 g/mol. The molecule has 10 heteroatoms. The number of aryl methyl sites for hydroxylation is 1. The number of benzene rings is 1. The number of hydrogen-bond acceptors (Lipinski definition) is 5. The molecule has 36 heavy (non-hydrogen) atoms.